The quantitative estimate of drug-likeness (QED) is 0.320. The maximum absolute atomic E-state index is 15.5. The standard InChI is InChI=1S/C28H27F4N5OS/c1-3-37-14-20(27(35-37)28(30,31)32)26-18(7-4-8-21(26)29)19-13-36(24(38)10-9-17-6-5-11-34-17)15-23-25(19)16(2)22(12-33)39-23/h4,7-10,14,17,19,34H,3,5-6,11,13,15H2,1-2H3/b10-9+/t17?,19-/m0/s1. The predicted octanol–water partition coefficient (Wildman–Crippen LogP) is 5.75. The Kier molecular flexibility index (Phi) is 7.35. The zero-order valence-electron chi connectivity index (χ0n) is 21.5. The van der Waals surface area contributed by atoms with E-state index in [1.54, 1.807) is 24.8 Å². The largest absolute Gasteiger partial charge is 0.435 e. The minimum absolute atomic E-state index is 0.116. The summed E-state index contributed by atoms with van der Waals surface area (Å²) in [7, 11) is 0. The highest BCUT2D eigenvalue weighted by Gasteiger charge is 2.40. The molecule has 1 unspecified atom stereocenters. The third-order valence-corrected chi connectivity index (χ3v) is 8.58. The van der Waals surface area contributed by atoms with E-state index in [1.165, 1.54) is 29.7 Å². The highest BCUT2D eigenvalue weighted by atomic mass is 32.1. The van der Waals surface area contributed by atoms with Crippen molar-refractivity contribution in [1.29, 1.82) is 5.26 Å². The van der Waals surface area contributed by atoms with Crippen molar-refractivity contribution in [3.63, 3.8) is 0 Å². The fourth-order valence-electron chi connectivity index (χ4n) is 5.51. The molecular weight excluding hydrogens is 530 g/mol. The van der Waals surface area contributed by atoms with E-state index in [4.69, 9.17) is 0 Å². The van der Waals surface area contributed by atoms with Crippen LogP contribution in [0.4, 0.5) is 17.6 Å². The molecule has 3 aromatic rings. The number of carbonyl (C=O) groups excluding carboxylic acids is 1. The van der Waals surface area contributed by atoms with E-state index in [0.29, 0.717) is 16.0 Å². The van der Waals surface area contributed by atoms with Crippen molar-refractivity contribution in [1.82, 2.24) is 20.0 Å². The van der Waals surface area contributed by atoms with E-state index in [-0.39, 0.29) is 42.7 Å². The number of nitrogens with zero attached hydrogens (tertiary/aromatic N) is 4. The van der Waals surface area contributed by atoms with Crippen LogP contribution in [0.15, 0.2) is 36.5 Å². The zero-order chi connectivity index (χ0) is 27.9. The van der Waals surface area contributed by atoms with E-state index in [9.17, 15) is 23.2 Å². The van der Waals surface area contributed by atoms with Gasteiger partial charge in [0, 0.05) is 53.3 Å². The molecule has 2 aliphatic rings. The molecule has 204 valence electrons. The number of nitriles is 1. The number of hydrogen-bond donors (Lipinski definition) is 1. The summed E-state index contributed by atoms with van der Waals surface area (Å²) in [5.74, 6) is -1.68. The van der Waals surface area contributed by atoms with Crippen LogP contribution in [0, 0.1) is 24.1 Å². The Morgan fingerprint density at radius 3 is 2.82 bits per heavy atom. The Balaban J connectivity index is 1.64. The molecule has 0 spiro atoms. The van der Waals surface area contributed by atoms with Gasteiger partial charge in [-0.05, 0) is 56.0 Å². The monoisotopic (exact) mass is 557 g/mol. The number of alkyl halides is 3. The van der Waals surface area contributed by atoms with Crippen LogP contribution in [0.1, 0.15) is 57.8 Å². The normalized spacial score (nSPS) is 19.5. The first-order chi connectivity index (χ1) is 18.6. The Morgan fingerprint density at radius 1 is 1.36 bits per heavy atom. The first-order valence-electron chi connectivity index (χ1n) is 12.8. The number of nitrogens with one attached hydrogen (secondary N) is 1. The first kappa shape index (κ1) is 27.1. The van der Waals surface area contributed by atoms with E-state index < -0.39 is 23.6 Å². The number of benzene rings is 1. The van der Waals surface area contributed by atoms with Crippen LogP contribution in [-0.2, 0) is 24.1 Å². The molecule has 2 atom stereocenters. The van der Waals surface area contributed by atoms with Crippen LogP contribution in [0.3, 0.4) is 0 Å². The number of aryl methyl sites for hydroxylation is 1. The van der Waals surface area contributed by atoms with Gasteiger partial charge < -0.3 is 10.2 Å². The Morgan fingerprint density at radius 2 is 2.15 bits per heavy atom. The van der Waals surface area contributed by atoms with Crippen LogP contribution >= 0.6 is 11.3 Å². The van der Waals surface area contributed by atoms with Crippen molar-refractivity contribution in [3.05, 3.63) is 74.5 Å². The van der Waals surface area contributed by atoms with Gasteiger partial charge in [0.05, 0.1) is 6.54 Å². The molecule has 2 aromatic heterocycles. The van der Waals surface area contributed by atoms with Gasteiger partial charge in [-0.2, -0.15) is 23.5 Å². The molecule has 1 N–H and O–H groups in total. The lowest BCUT2D eigenvalue weighted by atomic mass is 9.81. The number of halogens is 4. The van der Waals surface area contributed by atoms with Crippen molar-refractivity contribution in [2.75, 3.05) is 13.1 Å². The third-order valence-electron chi connectivity index (χ3n) is 7.38. The lowest BCUT2D eigenvalue weighted by molar-refractivity contribution is -0.141. The van der Waals surface area contributed by atoms with Crippen LogP contribution in [0.2, 0.25) is 0 Å². The molecule has 4 heterocycles. The number of carbonyl (C=O) groups is 1. The molecule has 0 saturated carbocycles. The number of thiophene rings is 1. The van der Waals surface area contributed by atoms with E-state index >= 15 is 4.39 Å². The van der Waals surface area contributed by atoms with Crippen molar-refractivity contribution < 1.29 is 22.4 Å². The summed E-state index contributed by atoms with van der Waals surface area (Å²) in [6.45, 7) is 4.92. The minimum Gasteiger partial charge on any atom is -0.333 e. The molecule has 1 fully saturated rings. The molecule has 39 heavy (non-hydrogen) atoms. The van der Waals surface area contributed by atoms with Gasteiger partial charge in [-0.3, -0.25) is 9.48 Å². The Labute approximate surface area is 227 Å². The van der Waals surface area contributed by atoms with Crippen LogP contribution in [0.5, 0.6) is 0 Å². The predicted molar refractivity (Wildman–Crippen MR) is 139 cm³/mol. The first-order valence-corrected chi connectivity index (χ1v) is 13.6. The van der Waals surface area contributed by atoms with Gasteiger partial charge >= 0.3 is 6.18 Å². The van der Waals surface area contributed by atoms with Gasteiger partial charge in [-0.15, -0.1) is 11.3 Å². The van der Waals surface area contributed by atoms with E-state index in [1.807, 2.05) is 6.08 Å². The molecule has 0 radical (unpaired) electrons. The number of aromatic nitrogens is 2. The molecular formula is C28H27F4N5OS. The molecule has 0 aliphatic carbocycles. The molecule has 11 heteroatoms. The number of amides is 1. The molecule has 0 bridgehead atoms. The molecule has 1 saturated heterocycles. The van der Waals surface area contributed by atoms with Gasteiger partial charge in [0.2, 0.25) is 5.91 Å². The summed E-state index contributed by atoms with van der Waals surface area (Å²) in [5, 5.41) is 16.7. The van der Waals surface area contributed by atoms with E-state index in [2.05, 4.69) is 16.5 Å². The van der Waals surface area contributed by atoms with Crippen LogP contribution in [0.25, 0.3) is 11.1 Å². The summed E-state index contributed by atoms with van der Waals surface area (Å²) < 4.78 is 58.7. The van der Waals surface area contributed by atoms with Gasteiger partial charge in [0.1, 0.15) is 16.8 Å². The second kappa shape index (κ2) is 10.6. The number of hydrogen-bond acceptors (Lipinski definition) is 5. The number of fused-ring (bicyclic) bond motifs is 1. The summed E-state index contributed by atoms with van der Waals surface area (Å²) in [6.07, 6.45) is 1.75. The van der Waals surface area contributed by atoms with Crippen molar-refractivity contribution in [3.8, 4) is 17.2 Å². The molecule has 1 amide bonds. The molecule has 6 nitrogen and oxygen atoms in total. The lowest BCUT2D eigenvalue weighted by Crippen LogP contribution is -2.37. The summed E-state index contributed by atoms with van der Waals surface area (Å²) in [6, 6.07) is 6.50. The zero-order valence-corrected chi connectivity index (χ0v) is 22.3. The van der Waals surface area contributed by atoms with Gasteiger partial charge in [0.25, 0.3) is 0 Å². The fraction of sp³-hybridized carbons (Fsp3) is 0.393. The number of rotatable bonds is 5. The third kappa shape index (κ3) is 5.11. The fourth-order valence-corrected chi connectivity index (χ4v) is 6.69. The molecule has 5 rings (SSSR count). The van der Waals surface area contributed by atoms with Gasteiger partial charge in [0.15, 0.2) is 5.69 Å². The van der Waals surface area contributed by atoms with E-state index in [0.717, 1.165) is 40.6 Å². The summed E-state index contributed by atoms with van der Waals surface area (Å²) >= 11 is 1.26. The highest BCUT2D eigenvalue weighted by molar-refractivity contribution is 7.12. The minimum atomic E-state index is -4.79. The highest BCUT2D eigenvalue weighted by Crippen LogP contribution is 2.46. The second-order valence-electron chi connectivity index (χ2n) is 9.79. The average molecular weight is 558 g/mol. The molecule has 1 aromatic carbocycles. The average Bonchev–Trinajstić information content (AvgIpc) is 3.65. The van der Waals surface area contributed by atoms with Crippen LogP contribution in [-0.4, -0.2) is 39.7 Å². The van der Waals surface area contributed by atoms with Crippen LogP contribution < -0.4 is 5.32 Å². The maximum Gasteiger partial charge on any atom is 0.435 e. The lowest BCUT2D eigenvalue weighted by Gasteiger charge is -2.34. The summed E-state index contributed by atoms with van der Waals surface area (Å²) in [4.78, 5) is 16.1. The van der Waals surface area contributed by atoms with Gasteiger partial charge in [-0.25, -0.2) is 4.39 Å². The van der Waals surface area contributed by atoms with Crippen molar-refractivity contribution in [2.24, 2.45) is 0 Å². The smallest absolute Gasteiger partial charge is 0.333 e. The van der Waals surface area contributed by atoms with Gasteiger partial charge in [-0.1, -0.05) is 18.2 Å². The van der Waals surface area contributed by atoms with Crippen molar-refractivity contribution >= 4 is 17.2 Å². The molecule has 2 aliphatic heterocycles. The Hall–Kier alpha value is -3.49. The van der Waals surface area contributed by atoms with Crippen molar-refractivity contribution in [2.45, 2.75) is 57.9 Å². The Bertz CT molecular complexity index is 1480. The summed E-state index contributed by atoms with van der Waals surface area (Å²) in [5.41, 5.74) is 0.0990. The topological polar surface area (TPSA) is 74.0 Å². The SMILES string of the molecule is CCn1cc(-c2c(F)cccc2[C@@H]2CN(C(=O)/C=C/C3CCCN3)Cc3sc(C#N)c(C)c32)c(C(F)(F)F)n1. The second-order valence-corrected chi connectivity index (χ2v) is 10.9. The maximum atomic E-state index is 15.5.